The summed E-state index contributed by atoms with van der Waals surface area (Å²) in [5.41, 5.74) is 0. The molecule has 2 rings (SSSR count). The molecule has 0 N–H and O–H groups in total. The normalized spacial score (nSPS) is 8.23. The van der Waals surface area contributed by atoms with Gasteiger partial charge in [-0.3, -0.25) is 0 Å². The SMILES string of the molecule is C=CC#N.c1ccc2sccc2c1. The molecule has 0 saturated heterocycles. The Hall–Kier alpha value is -1.59. The van der Waals surface area contributed by atoms with Crippen LogP contribution in [0.2, 0.25) is 0 Å². The number of nitrogens with zero attached hydrogens (tertiary/aromatic N) is 1. The maximum atomic E-state index is 7.51. The molecule has 64 valence electrons. The third-order valence-corrected chi connectivity index (χ3v) is 2.35. The maximum absolute atomic E-state index is 7.51. The molecule has 0 aliphatic carbocycles. The van der Waals surface area contributed by atoms with E-state index in [2.05, 4.69) is 42.3 Å². The van der Waals surface area contributed by atoms with E-state index in [0.29, 0.717) is 0 Å². The molecule has 1 aromatic heterocycles. The van der Waals surface area contributed by atoms with Crippen molar-refractivity contribution in [1.82, 2.24) is 0 Å². The first-order valence-electron chi connectivity index (χ1n) is 3.81. The fourth-order valence-corrected chi connectivity index (χ4v) is 1.70. The molecule has 0 aliphatic rings. The van der Waals surface area contributed by atoms with Crippen molar-refractivity contribution in [2.75, 3.05) is 0 Å². The number of hydrogen-bond donors (Lipinski definition) is 0. The standard InChI is InChI=1S/C8H6S.C3H3N/c1-2-4-8-7(3-1)5-6-9-8;1-2-3-4/h1-6H;2H,1H2. The molecule has 2 aromatic rings. The van der Waals surface area contributed by atoms with Crippen LogP contribution in [0.3, 0.4) is 0 Å². The number of rotatable bonds is 0. The molecule has 13 heavy (non-hydrogen) atoms. The zero-order chi connectivity index (χ0) is 9.52. The number of benzene rings is 1. The van der Waals surface area contributed by atoms with E-state index in [1.165, 1.54) is 16.2 Å². The summed E-state index contributed by atoms with van der Waals surface area (Å²) in [6, 6.07) is 12.2. The van der Waals surface area contributed by atoms with Gasteiger partial charge in [0.2, 0.25) is 0 Å². The first-order chi connectivity index (χ1) is 6.38. The molecular weight excluding hydrogens is 178 g/mol. The first kappa shape index (κ1) is 9.50. The van der Waals surface area contributed by atoms with Gasteiger partial charge in [0.15, 0.2) is 0 Å². The molecule has 1 nitrogen and oxygen atoms in total. The molecule has 2 heteroatoms. The van der Waals surface area contributed by atoms with Crippen molar-refractivity contribution >= 4 is 21.4 Å². The van der Waals surface area contributed by atoms with Crippen molar-refractivity contribution in [2.45, 2.75) is 0 Å². The molecule has 0 fully saturated rings. The topological polar surface area (TPSA) is 23.8 Å². The van der Waals surface area contributed by atoms with Gasteiger partial charge >= 0.3 is 0 Å². The molecular formula is C11H9NS. The molecule has 0 saturated carbocycles. The lowest BCUT2D eigenvalue weighted by molar-refractivity contribution is 1.54. The number of fused-ring (bicyclic) bond motifs is 1. The van der Waals surface area contributed by atoms with Crippen LogP contribution in [-0.2, 0) is 0 Å². The summed E-state index contributed by atoms with van der Waals surface area (Å²) in [5.74, 6) is 0. The van der Waals surface area contributed by atoms with Gasteiger partial charge in [-0.1, -0.05) is 24.8 Å². The van der Waals surface area contributed by atoms with Gasteiger partial charge in [0, 0.05) is 10.8 Å². The molecule has 1 heterocycles. The highest BCUT2D eigenvalue weighted by Gasteiger charge is 1.87. The summed E-state index contributed by atoms with van der Waals surface area (Å²) in [6.07, 6.45) is 1.18. The van der Waals surface area contributed by atoms with E-state index in [4.69, 9.17) is 5.26 Å². The van der Waals surface area contributed by atoms with Crippen LogP contribution in [0.15, 0.2) is 48.4 Å². The zero-order valence-corrected chi connectivity index (χ0v) is 7.92. The monoisotopic (exact) mass is 187 g/mol. The minimum Gasteiger partial charge on any atom is -0.193 e. The van der Waals surface area contributed by atoms with Gasteiger partial charge in [-0.25, -0.2) is 0 Å². The molecule has 0 amide bonds. The van der Waals surface area contributed by atoms with E-state index in [9.17, 15) is 0 Å². The van der Waals surface area contributed by atoms with Gasteiger partial charge in [0.05, 0.1) is 6.07 Å². The van der Waals surface area contributed by atoms with Crippen molar-refractivity contribution in [2.24, 2.45) is 0 Å². The van der Waals surface area contributed by atoms with Crippen molar-refractivity contribution < 1.29 is 0 Å². The van der Waals surface area contributed by atoms with Crippen LogP contribution in [0.25, 0.3) is 10.1 Å². The maximum Gasteiger partial charge on any atom is 0.0905 e. The molecule has 0 unspecified atom stereocenters. The minimum absolute atomic E-state index is 1.18. The second kappa shape index (κ2) is 5.13. The summed E-state index contributed by atoms with van der Waals surface area (Å²) in [5, 5.41) is 11.0. The Morgan fingerprint density at radius 3 is 2.62 bits per heavy atom. The van der Waals surface area contributed by atoms with Crippen LogP contribution >= 0.6 is 11.3 Å². The summed E-state index contributed by atoms with van der Waals surface area (Å²) >= 11 is 1.79. The smallest absolute Gasteiger partial charge is 0.0905 e. The van der Waals surface area contributed by atoms with Crippen LogP contribution in [0.5, 0.6) is 0 Å². The van der Waals surface area contributed by atoms with Gasteiger partial charge in [0.1, 0.15) is 0 Å². The van der Waals surface area contributed by atoms with Crippen LogP contribution in [0, 0.1) is 11.3 Å². The molecule has 0 spiro atoms. The molecule has 0 bridgehead atoms. The Labute approximate surface area is 81.6 Å². The van der Waals surface area contributed by atoms with E-state index in [-0.39, 0.29) is 0 Å². The summed E-state index contributed by atoms with van der Waals surface area (Å²) in [4.78, 5) is 0. The van der Waals surface area contributed by atoms with Crippen LogP contribution in [-0.4, -0.2) is 0 Å². The van der Waals surface area contributed by atoms with Gasteiger partial charge < -0.3 is 0 Å². The largest absolute Gasteiger partial charge is 0.193 e. The zero-order valence-electron chi connectivity index (χ0n) is 7.10. The average Bonchev–Trinajstić information content (AvgIpc) is 2.66. The van der Waals surface area contributed by atoms with Crippen molar-refractivity contribution in [3.8, 4) is 6.07 Å². The Bertz CT molecular complexity index is 393. The summed E-state index contributed by atoms with van der Waals surface area (Å²) < 4.78 is 1.37. The fourth-order valence-electron chi connectivity index (χ4n) is 0.906. The van der Waals surface area contributed by atoms with E-state index in [1.54, 1.807) is 17.4 Å². The lowest BCUT2D eigenvalue weighted by atomic mass is 10.3. The quantitative estimate of drug-likeness (QED) is 0.578. The van der Waals surface area contributed by atoms with Crippen LogP contribution < -0.4 is 0 Å². The predicted octanol–water partition coefficient (Wildman–Crippen LogP) is 3.60. The van der Waals surface area contributed by atoms with E-state index in [1.807, 2.05) is 0 Å². The minimum atomic E-state index is 1.18. The highest BCUT2D eigenvalue weighted by molar-refractivity contribution is 7.17. The van der Waals surface area contributed by atoms with E-state index < -0.39 is 0 Å². The Morgan fingerprint density at radius 1 is 1.31 bits per heavy atom. The number of thiophene rings is 1. The van der Waals surface area contributed by atoms with Gasteiger partial charge in [-0.05, 0) is 22.9 Å². The van der Waals surface area contributed by atoms with Crippen molar-refractivity contribution in [1.29, 1.82) is 5.26 Å². The predicted molar refractivity (Wildman–Crippen MR) is 57.6 cm³/mol. The van der Waals surface area contributed by atoms with Gasteiger partial charge in [-0.2, -0.15) is 5.26 Å². The van der Waals surface area contributed by atoms with E-state index in [0.717, 1.165) is 0 Å². The van der Waals surface area contributed by atoms with Crippen molar-refractivity contribution in [3.63, 3.8) is 0 Å². The lowest BCUT2D eigenvalue weighted by Gasteiger charge is -1.82. The van der Waals surface area contributed by atoms with Crippen LogP contribution in [0.4, 0.5) is 0 Å². The fraction of sp³-hybridized carbons (Fsp3) is 0. The number of allylic oxidation sites excluding steroid dienone is 1. The Kier molecular flexibility index (Phi) is 3.74. The Balaban J connectivity index is 0.000000184. The summed E-state index contributed by atoms with van der Waals surface area (Å²) in [7, 11) is 0. The third kappa shape index (κ3) is 2.73. The van der Waals surface area contributed by atoms with Crippen molar-refractivity contribution in [3.05, 3.63) is 48.4 Å². The second-order valence-corrected chi connectivity index (χ2v) is 3.24. The summed E-state index contributed by atoms with van der Waals surface area (Å²) in [6.45, 7) is 3.12. The molecule has 0 radical (unpaired) electrons. The van der Waals surface area contributed by atoms with Gasteiger partial charge in [0.25, 0.3) is 0 Å². The van der Waals surface area contributed by atoms with E-state index >= 15 is 0 Å². The van der Waals surface area contributed by atoms with Gasteiger partial charge in [-0.15, -0.1) is 11.3 Å². The van der Waals surface area contributed by atoms with Crippen LogP contribution in [0.1, 0.15) is 0 Å². The Morgan fingerprint density at radius 2 is 2.00 bits per heavy atom. The average molecular weight is 187 g/mol. The first-order valence-corrected chi connectivity index (χ1v) is 4.69. The highest BCUT2D eigenvalue weighted by atomic mass is 32.1. The molecule has 0 aliphatic heterocycles. The lowest BCUT2D eigenvalue weighted by Crippen LogP contribution is -1.56. The highest BCUT2D eigenvalue weighted by Crippen LogP contribution is 2.18. The molecule has 0 atom stereocenters. The second-order valence-electron chi connectivity index (χ2n) is 2.29. The third-order valence-electron chi connectivity index (χ3n) is 1.45. The number of hydrogen-bond acceptors (Lipinski definition) is 2. The number of nitriles is 1. The molecule has 1 aromatic carbocycles.